The van der Waals surface area contributed by atoms with E-state index >= 15 is 0 Å². The Morgan fingerprint density at radius 1 is 1.35 bits per heavy atom. The Labute approximate surface area is 102 Å². The summed E-state index contributed by atoms with van der Waals surface area (Å²) >= 11 is 0. The van der Waals surface area contributed by atoms with Crippen molar-refractivity contribution in [1.29, 1.82) is 0 Å². The fourth-order valence-electron chi connectivity index (χ4n) is 2.16. The molecule has 0 bridgehead atoms. The van der Waals surface area contributed by atoms with Crippen LogP contribution < -0.4 is 0 Å². The molecule has 2 rings (SSSR count). The Kier molecular flexibility index (Phi) is 3.57. The van der Waals surface area contributed by atoms with Crippen LogP contribution >= 0.6 is 0 Å². The van der Waals surface area contributed by atoms with Crippen LogP contribution in [-0.4, -0.2) is 66.0 Å². The van der Waals surface area contributed by atoms with Gasteiger partial charge in [-0.3, -0.25) is 19.7 Å². The standard InChI is InChI=1S/C12H20N4O/c1-9(2)15-4-6-16(7-5-15)12(17)11-8-13-10(3)14-11/h8-10H,4-7H2,1-3H3. The second kappa shape index (κ2) is 4.96. The smallest absolute Gasteiger partial charge is 0.273 e. The zero-order chi connectivity index (χ0) is 12.4. The largest absolute Gasteiger partial charge is 0.335 e. The Morgan fingerprint density at radius 2 is 2.00 bits per heavy atom. The van der Waals surface area contributed by atoms with E-state index in [1.54, 1.807) is 6.21 Å². The lowest BCUT2D eigenvalue weighted by Crippen LogP contribution is -2.52. The minimum absolute atomic E-state index is 0.0292. The summed E-state index contributed by atoms with van der Waals surface area (Å²) in [5.41, 5.74) is 0.510. The molecule has 94 valence electrons. The highest BCUT2D eigenvalue weighted by Crippen LogP contribution is 2.08. The molecule has 2 aliphatic heterocycles. The van der Waals surface area contributed by atoms with Gasteiger partial charge in [0.05, 0.1) is 6.21 Å². The van der Waals surface area contributed by atoms with Crippen LogP contribution in [0.4, 0.5) is 0 Å². The van der Waals surface area contributed by atoms with Crippen LogP contribution in [0.2, 0.25) is 0 Å². The van der Waals surface area contributed by atoms with Gasteiger partial charge in [0.15, 0.2) is 0 Å². The van der Waals surface area contributed by atoms with Crippen molar-refractivity contribution in [2.75, 3.05) is 26.2 Å². The Morgan fingerprint density at radius 3 is 2.47 bits per heavy atom. The first kappa shape index (κ1) is 12.2. The quantitative estimate of drug-likeness (QED) is 0.697. The number of carbonyl (C=O) groups excluding carboxylic acids is 1. The van der Waals surface area contributed by atoms with Gasteiger partial charge in [0.1, 0.15) is 11.9 Å². The maximum Gasteiger partial charge on any atom is 0.273 e. The Bertz CT molecular complexity index is 354. The fraction of sp³-hybridized carbons (Fsp3) is 0.750. The van der Waals surface area contributed by atoms with Crippen molar-refractivity contribution in [3.63, 3.8) is 0 Å². The minimum Gasteiger partial charge on any atom is -0.335 e. The zero-order valence-corrected chi connectivity index (χ0v) is 10.8. The van der Waals surface area contributed by atoms with Gasteiger partial charge in [-0.1, -0.05) is 0 Å². The van der Waals surface area contributed by atoms with E-state index in [9.17, 15) is 4.79 Å². The van der Waals surface area contributed by atoms with Crippen LogP contribution in [0.5, 0.6) is 0 Å². The second-order valence-electron chi connectivity index (χ2n) is 4.85. The molecule has 0 saturated carbocycles. The molecule has 0 aromatic carbocycles. The third kappa shape index (κ3) is 2.72. The molecule has 0 radical (unpaired) electrons. The number of piperazine rings is 1. The van der Waals surface area contributed by atoms with E-state index in [1.165, 1.54) is 0 Å². The van der Waals surface area contributed by atoms with Crippen LogP contribution in [0.25, 0.3) is 0 Å². The highest BCUT2D eigenvalue weighted by molar-refractivity contribution is 6.61. The van der Waals surface area contributed by atoms with E-state index < -0.39 is 0 Å². The number of hydrogen-bond donors (Lipinski definition) is 0. The number of rotatable bonds is 2. The molecule has 1 atom stereocenters. The molecule has 0 aromatic rings. The number of amides is 1. The molecule has 0 aliphatic carbocycles. The molecule has 1 saturated heterocycles. The third-order valence-corrected chi connectivity index (χ3v) is 3.29. The zero-order valence-electron chi connectivity index (χ0n) is 10.8. The van der Waals surface area contributed by atoms with E-state index in [1.807, 2.05) is 11.8 Å². The highest BCUT2D eigenvalue weighted by atomic mass is 16.2. The molecule has 5 heteroatoms. The van der Waals surface area contributed by atoms with Crippen LogP contribution in [-0.2, 0) is 4.79 Å². The van der Waals surface area contributed by atoms with Crippen LogP contribution in [0.1, 0.15) is 20.8 Å². The number of carbonyl (C=O) groups is 1. The lowest BCUT2D eigenvalue weighted by Gasteiger charge is -2.36. The SMILES string of the molecule is CC1N=CC(C(=O)N2CCN(C(C)C)CC2)=N1. The summed E-state index contributed by atoms with van der Waals surface area (Å²) < 4.78 is 0. The van der Waals surface area contributed by atoms with Crippen molar-refractivity contribution >= 4 is 17.8 Å². The van der Waals surface area contributed by atoms with E-state index in [0.29, 0.717) is 11.8 Å². The average Bonchev–Trinajstić information content (AvgIpc) is 2.75. The van der Waals surface area contributed by atoms with Crippen LogP contribution in [0, 0.1) is 0 Å². The summed E-state index contributed by atoms with van der Waals surface area (Å²) in [6.45, 7) is 9.73. The summed E-state index contributed by atoms with van der Waals surface area (Å²) in [6.07, 6.45) is 1.51. The van der Waals surface area contributed by atoms with Gasteiger partial charge in [0.25, 0.3) is 5.91 Å². The van der Waals surface area contributed by atoms with Crippen molar-refractivity contribution in [2.24, 2.45) is 9.98 Å². The van der Waals surface area contributed by atoms with Gasteiger partial charge < -0.3 is 4.90 Å². The predicted octanol–water partition coefficient (Wildman–Crippen LogP) is 0.410. The fourth-order valence-corrected chi connectivity index (χ4v) is 2.16. The number of aliphatic imine (C=N–C) groups is 2. The van der Waals surface area contributed by atoms with Crippen molar-refractivity contribution in [1.82, 2.24) is 9.80 Å². The molecule has 17 heavy (non-hydrogen) atoms. The van der Waals surface area contributed by atoms with Gasteiger partial charge in [-0.05, 0) is 20.8 Å². The molecule has 5 nitrogen and oxygen atoms in total. The maximum atomic E-state index is 12.1. The third-order valence-electron chi connectivity index (χ3n) is 3.29. The van der Waals surface area contributed by atoms with E-state index in [-0.39, 0.29) is 12.1 Å². The van der Waals surface area contributed by atoms with Crippen molar-refractivity contribution in [3.8, 4) is 0 Å². The molecular formula is C12H20N4O. The summed E-state index contributed by atoms with van der Waals surface area (Å²) in [5, 5.41) is 0. The first-order valence-corrected chi connectivity index (χ1v) is 6.22. The molecule has 0 aromatic heterocycles. The Balaban J connectivity index is 1.91. The van der Waals surface area contributed by atoms with Gasteiger partial charge in [0, 0.05) is 32.2 Å². The van der Waals surface area contributed by atoms with Crippen LogP contribution in [0.3, 0.4) is 0 Å². The molecule has 0 N–H and O–H groups in total. The van der Waals surface area contributed by atoms with Gasteiger partial charge in [-0.15, -0.1) is 0 Å². The van der Waals surface area contributed by atoms with Gasteiger partial charge in [-0.2, -0.15) is 0 Å². The summed E-state index contributed by atoms with van der Waals surface area (Å²) in [6, 6.07) is 0.553. The molecule has 2 aliphatic rings. The highest BCUT2D eigenvalue weighted by Gasteiger charge is 2.26. The molecule has 1 fully saturated rings. The minimum atomic E-state index is -0.0918. The van der Waals surface area contributed by atoms with E-state index in [0.717, 1.165) is 26.2 Å². The lowest BCUT2D eigenvalue weighted by atomic mass is 10.2. The summed E-state index contributed by atoms with van der Waals surface area (Å²) in [5.74, 6) is 0.0292. The van der Waals surface area contributed by atoms with Gasteiger partial charge in [0.2, 0.25) is 0 Å². The first-order chi connectivity index (χ1) is 8.08. The van der Waals surface area contributed by atoms with Gasteiger partial charge >= 0.3 is 0 Å². The topological polar surface area (TPSA) is 48.3 Å². The molecule has 1 unspecified atom stereocenters. The molecular weight excluding hydrogens is 216 g/mol. The number of hydrogen-bond acceptors (Lipinski definition) is 4. The van der Waals surface area contributed by atoms with Crippen molar-refractivity contribution < 1.29 is 4.79 Å². The Hall–Kier alpha value is -1.23. The number of nitrogens with zero attached hydrogens (tertiary/aromatic N) is 4. The van der Waals surface area contributed by atoms with Crippen LogP contribution in [0.15, 0.2) is 9.98 Å². The van der Waals surface area contributed by atoms with E-state index in [2.05, 4.69) is 28.7 Å². The average molecular weight is 236 g/mol. The second-order valence-corrected chi connectivity index (χ2v) is 4.85. The van der Waals surface area contributed by atoms with Gasteiger partial charge in [-0.25, -0.2) is 0 Å². The maximum absolute atomic E-state index is 12.1. The first-order valence-electron chi connectivity index (χ1n) is 6.22. The van der Waals surface area contributed by atoms with Crippen molar-refractivity contribution in [3.05, 3.63) is 0 Å². The molecule has 2 heterocycles. The van der Waals surface area contributed by atoms with E-state index in [4.69, 9.17) is 0 Å². The summed E-state index contributed by atoms with van der Waals surface area (Å²) in [7, 11) is 0. The van der Waals surface area contributed by atoms with Crippen molar-refractivity contribution in [2.45, 2.75) is 33.0 Å². The predicted molar refractivity (Wildman–Crippen MR) is 68.7 cm³/mol. The molecule has 1 amide bonds. The summed E-state index contributed by atoms with van der Waals surface area (Å²) in [4.78, 5) is 24.7. The molecule has 0 spiro atoms. The normalized spacial score (nSPS) is 25.5. The lowest BCUT2D eigenvalue weighted by molar-refractivity contribution is -0.125. The monoisotopic (exact) mass is 236 g/mol.